The number of hydrogen-bond acceptors (Lipinski definition) is 2. The van der Waals surface area contributed by atoms with Crippen molar-refractivity contribution in [1.82, 2.24) is 5.32 Å². The molecule has 0 aliphatic carbocycles. The number of halogens is 1. The van der Waals surface area contributed by atoms with Crippen molar-refractivity contribution >= 4 is 23.4 Å². The predicted molar refractivity (Wildman–Crippen MR) is 86.3 cm³/mol. The van der Waals surface area contributed by atoms with Gasteiger partial charge in [-0.05, 0) is 48.8 Å². The molecule has 2 rings (SSSR count). The van der Waals surface area contributed by atoms with Gasteiger partial charge in [0.15, 0.2) is 0 Å². The topological polar surface area (TPSA) is 12.0 Å². The van der Waals surface area contributed by atoms with Crippen LogP contribution in [0.25, 0.3) is 0 Å². The monoisotopic (exact) mass is 297 g/mol. The van der Waals surface area contributed by atoms with E-state index in [0.29, 0.717) is 12.1 Å². The minimum atomic E-state index is 0.484. The number of nitrogens with one attached hydrogen (secondary N) is 1. The Morgan fingerprint density at radius 3 is 2.74 bits per heavy atom. The van der Waals surface area contributed by atoms with Gasteiger partial charge in [-0.25, -0.2) is 0 Å². The second kappa shape index (κ2) is 7.56. The van der Waals surface area contributed by atoms with E-state index in [2.05, 4.69) is 31.3 Å². The Balaban J connectivity index is 2.11. The van der Waals surface area contributed by atoms with E-state index in [1.807, 2.05) is 17.8 Å². The van der Waals surface area contributed by atoms with Gasteiger partial charge in [-0.3, -0.25) is 0 Å². The Morgan fingerprint density at radius 2 is 2.05 bits per heavy atom. The molecule has 0 spiro atoms. The summed E-state index contributed by atoms with van der Waals surface area (Å²) in [5.41, 5.74) is 1.40. The number of thioether (sulfide) groups is 1. The first-order valence-electron chi connectivity index (χ1n) is 7.42. The smallest absolute Gasteiger partial charge is 0.0410 e. The fourth-order valence-electron chi connectivity index (χ4n) is 2.83. The van der Waals surface area contributed by atoms with Crippen molar-refractivity contribution in [2.75, 3.05) is 5.75 Å². The lowest BCUT2D eigenvalue weighted by Crippen LogP contribution is -2.34. The SMILES string of the molecule is CCCC(CCC)NC1CCSc2ccc(Cl)cc21. The molecule has 1 N–H and O–H groups in total. The van der Waals surface area contributed by atoms with Crippen LogP contribution < -0.4 is 5.32 Å². The van der Waals surface area contributed by atoms with Gasteiger partial charge in [0.1, 0.15) is 0 Å². The highest BCUT2D eigenvalue weighted by molar-refractivity contribution is 7.99. The molecule has 0 radical (unpaired) electrons. The summed E-state index contributed by atoms with van der Waals surface area (Å²) >= 11 is 8.12. The first-order valence-corrected chi connectivity index (χ1v) is 8.79. The Hall–Kier alpha value is -0.180. The van der Waals surface area contributed by atoms with Crippen molar-refractivity contribution < 1.29 is 0 Å². The lowest BCUT2D eigenvalue weighted by atomic mass is 9.99. The summed E-state index contributed by atoms with van der Waals surface area (Å²) in [7, 11) is 0. The second-order valence-corrected chi connectivity index (χ2v) is 6.89. The van der Waals surface area contributed by atoms with Gasteiger partial charge in [0, 0.05) is 22.0 Å². The van der Waals surface area contributed by atoms with Crippen molar-refractivity contribution in [3.05, 3.63) is 28.8 Å². The third-order valence-corrected chi connectivity index (χ3v) is 5.08. The van der Waals surface area contributed by atoms with Gasteiger partial charge in [0.2, 0.25) is 0 Å². The molecule has 106 valence electrons. The van der Waals surface area contributed by atoms with E-state index in [4.69, 9.17) is 11.6 Å². The average Bonchev–Trinajstić information content (AvgIpc) is 2.40. The zero-order chi connectivity index (χ0) is 13.7. The summed E-state index contributed by atoms with van der Waals surface area (Å²) in [6.45, 7) is 4.54. The van der Waals surface area contributed by atoms with E-state index in [-0.39, 0.29) is 0 Å². The number of benzene rings is 1. The molecule has 0 bridgehead atoms. The van der Waals surface area contributed by atoms with E-state index in [1.54, 1.807) is 0 Å². The number of rotatable bonds is 6. The zero-order valence-corrected chi connectivity index (χ0v) is 13.5. The molecule has 0 fully saturated rings. The van der Waals surface area contributed by atoms with Crippen LogP contribution in [0.5, 0.6) is 0 Å². The van der Waals surface area contributed by atoms with Crippen LogP contribution in [0.2, 0.25) is 5.02 Å². The molecule has 1 aromatic rings. The molecular weight excluding hydrogens is 274 g/mol. The minimum Gasteiger partial charge on any atom is -0.307 e. The fourth-order valence-corrected chi connectivity index (χ4v) is 4.12. The lowest BCUT2D eigenvalue weighted by Gasteiger charge is -2.30. The van der Waals surface area contributed by atoms with Crippen LogP contribution >= 0.6 is 23.4 Å². The molecule has 19 heavy (non-hydrogen) atoms. The maximum absolute atomic E-state index is 6.16. The van der Waals surface area contributed by atoms with Crippen LogP contribution in [0.15, 0.2) is 23.1 Å². The van der Waals surface area contributed by atoms with Gasteiger partial charge in [-0.2, -0.15) is 0 Å². The molecule has 0 aromatic heterocycles. The van der Waals surface area contributed by atoms with E-state index in [0.717, 1.165) is 5.02 Å². The Bertz CT molecular complexity index is 402. The maximum atomic E-state index is 6.16. The lowest BCUT2D eigenvalue weighted by molar-refractivity contribution is 0.379. The number of hydrogen-bond donors (Lipinski definition) is 1. The molecule has 1 atom stereocenters. The van der Waals surface area contributed by atoms with E-state index < -0.39 is 0 Å². The van der Waals surface area contributed by atoms with E-state index in [1.165, 1.54) is 48.3 Å². The molecule has 1 aliphatic rings. The Kier molecular flexibility index (Phi) is 6.06. The normalized spacial score (nSPS) is 18.6. The highest BCUT2D eigenvalue weighted by atomic mass is 35.5. The Labute approximate surface area is 126 Å². The van der Waals surface area contributed by atoms with Crippen molar-refractivity contribution in [3.63, 3.8) is 0 Å². The van der Waals surface area contributed by atoms with E-state index in [9.17, 15) is 0 Å². The van der Waals surface area contributed by atoms with Gasteiger partial charge < -0.3 is 5.32 Å². The van der Waals surface area contributed by atoms with Crippen molar-refractivity contribution in [1.29, 1.82) is 0 Å². The quantitative estimate of drug-likeness (QED) is 0.751. The second-order valence-electron chi connectivity index (χ2n) is 5.31. The summed E-state index contributed by atoms with van der Waals surface area (Å²) in [5.74, 6) is 1.21. The summed E-state index contributed by atoms with van der Waals surface area (Å²) in [6.07, 6.45) is 6.26. The van der Waals surface area contributed by atoms with E-state index >= 15 is 0 Å². The molecule has 1 aliphatic heterocycles. The van der Waals surface area contributed by atoms with Crippen LogP contribution in [-0.4, -0.2) is 11.8 Å². The predicted octanol–water partition coefficient (Wildman–Crippen LogP) is 5.44. The molecule has 0 saturated carbocycles. The van der Waals surface area contributed by atoms with Gasteiger partial charge in [0.25, 0.3) is 0 Å². The van der Waals surface area contributed by atoms with Crippen molar-refractivity contribution in [3.8, 4) is 0 Å². The largest absolute Gasteiger partial charge is 0.307 e. The summed E-state index contributed by atoms with van der Waals surface area (Å²) < 4.78 is 0. The highest BCUT2D eigenvalue weighted by Gasteiger charge is 2.23. The molecular formula is C16H24ClNS. The number of fused-ring (bicyclic) bond motifs is 1. The highest BCUT2D eigenvalue weighted by Crippen LogP contribution is 2.38. The standard InChI is InChI=1S/C16H24ClNS/c1-3-5-13(6-4-2)18-15-9-10-19-16-8-7-12(17)11-14(15)16/h7-8,11,13,15,18H,3-6,9-10H2,1-2H3. The summed E-state index contributed by atoms with van der Waals surface area (Å²) in [5, 5.41) is 4.73. The third-order valence-electron chi connectivity index (χ3n) is 3.72. The molecule has 1 unspecified atom stereocenters. The Morgan fingerprint density at radius 1 is 1.32 bits per heavy atom. The molecule has 1 aromatic carbocycles. The molecule has 1 nitrogen and oxygen atoms in total. The van der Waals surface area contributed by atoms with Crippen molar-refractivity contribution in [2.45, 2.75) is 62.9 Å². The van der Waals surface area contributed by atoms with Gasteiger partial charge in [0.05, 0.1) is 0 Å². The van der Waals surface area contributed by atoms with Crippen LogP contribution in [0.4, 0.5) is 0 Å². The van der Waals surface area contributed by atoms with Crippen LogP contribution in [0, 0.1) is 0 Å². The summed E-state index contributed by atoms with van der Waals surface area (Å²) in [4.78, 5) is 1.40. The van der Waals surface area contributed by atoms with Crippen molar-refractivity contribution in [2.24, 2.45) is 0 Å². The van der Waals surface area contributed by atoms with Crippen LogP contribution in [0.1, 0.15) is 57.6 Å². The third kappa shape index (κ3) is 4.14. The van der Waals surface area contributed by atoms with Gasteiger partial charge in [-0.15, -0.1) is 11.8 Å². The first kappa shape index (κ1) is 15.2. The molecule has 1 heterocycles. The molecule has 0 saturated heterocycles. The first-order chi connectivity index (χ1) is 9.24. The fraction of sp³-hybridized carbons (Fsp3) is 0.625. The van der Waals surface area contributed by atoms with Crippen LogP contribution in [-0.2, 0) is 0 Å². The van der Waals surface area contributed by atoms with Gasteiger partial charge >= 0.3 is 0 Å². The minimum absolute atomic E-state index is 0.484. The summed E-state index contributed by atoms with van der Waals surface area (Å²) in [6, 6.07) is 7.46. The average molecular weight is 298 g/mol. The zero-order valence-electron chi connectivity index (χ0n) is 11.9. The maximum Gasteiger partial charge on any atom is 0.0410 e. The van der Waals surface area contributed by atoms with Gasteiger partial charge in [-0.1, -0.05) is 38.3 Å². The molecule has 3 heteroatoms. The van der Waals surface area contributed by atoms with Crippen LogP contribution in [0.3, 0.4) is 0 Å². The molecule has 0 amide bonds.